The lowest BCUT2D eigenvalue weighted by molar-refractivity contribution is -0.132. The van der Waals surface area contributed by atoms with Crippen molar-refractivity contribution in [3.05, 3.63) is 60.4 Å². The number of amides is 1. The first-order chi connectivity index (χ1) is 10.7. The number of hydrogen-bond donors (Lipinski definition) is 1. The largest absolute Gasteiger partial charge is 0.482 e. The molecule has 1 fully saturated rings. The molecule has 5 nitrogen and oxygen atoms in total. The fourth-order valence-corrected chi connectivity index (χ4v) is 2.75. The van der Waals surface area contributed by atoms with E-state index in [4.69, 9.17) is 10.5 Å². The monoisotopic (exact) mass is 369 g/mol. The number of nitrogens with zero attached hydrogens (tertiary/aromatic N) is 2. The minimum absolute atomic E-state index is 0. The second-order valence-electron chi connectivity index (χ2n) is 5.46. The van der Waals surface area contributed by atoms with E-state index in [2.05, 4.69) is 17.1 Å². The molecule has 1 aromatic heterocycles. The molecule has 1 aromatic carbocycles. The third-order valence-corrected chi connectivity index (χ3v) is 3.94. The number of hydrogen-bond acceptors (Lipinski definition) is 4. The molecule has 1 saturated heterocycles. The number of aromatic nitrogens is 1. The van der Waals surface area contributed by atoms with Gasteiger partial charge >= 0.3 is 0 Å². The molecule has 2 aromatic rings. The maximum Gasteiger partial charge on any atom is 0.260 e. The van der Waals surface area contributed by atoms with E-state index < -0.39 is 0 Å². The van der Waals surface area contributed by atoms with Crippen LogP contribution in [0.1, 0.15) is 11.5 Å². The quantitative estimate of drug-likeness (QED) is 0.897. The Morgan fingerprint density at radius 2 is 1.92 bits per heavy atom. The first-order valence-electron chi connectivity index (χ1n) is 7.35. The van der Waals surface area contributed by atoms with Crippen molar-refractivity contribution in [2.24, 2.45) is 5.73 Å². The second kappa shape index (κ2) is 9.47. The second-order valence-corrected chi connectivity index (χ2v) is 5.46. The Labute approximate surface area is 154 Å². The van der Waals surface area contributed by atoms with Gasteiger partial charge in [0.05, 0.1) is 6.20 Å². The number of pyridine rings is 1. The van der Waals surface area contributed by atoms with Crippen LogP contribution < -0.4 is 10.5 Å². The fraction of sp³-hybridized carbons (Fsp3) is 0.294. The molecule has 1 amide bonds. The van der Waals surface area contributed by atoms with Gasteiger partial charge in [-0.3, -0.25) is 9.78 Å². The average molecular weight is 370 g/mol. The number of benzene rings is 1. The van der Waals surface area contributed by atoms with E-state index in [0.717, 1.165) is 0 Å². The van der Waals surface area contributed by atoms with Gasteiger partial charge in [0.15, 0.2) is 6.61 Å². The van der Waals surface area contributed by atoms with E-state index >= 15 is 0 Å². The highest BCUT2D eigenvalue weighted by Crippen LogP contribution is 2.26. The van der Waals surface area contributed by atoms with Crippen LogP contribution in [0.25, 0.3) is 0 Å². The van der Waals surface area contributed by atoms with Crippen LogP contribution in [-0.4, -0.2) is 41.5 Å². The van der Waals surface area contributed by atoms with Gasteiger partial charge in [0, 0.05) is 31.2 Å². The van der Waals surface area contributed by atoms with Crippen molar-refractivity contribution >= 4 is 30.7 Å². The molecule has 0 unspecified atom stereocenters. The zero-order valence-electron chi connectivity index (χ0n) is 13.1. The van der Waals surface area contributed by atoms with E-state index in [1.807, 2.05) is 18.2 Å². The molecule has 3 rings (SSSR count). The zero-order chi connectivity index (χ0) is 15.4. The van der Waals surface area contributed by atoms with Crippen LogP contribution in [0.4, 0.5) is 0 Å². The first-order valence-corrected chi connectivity index (χ1v) is 7.35. The summed E-state index contributed by atoms with van der Waals surface area (Å²) in [4.78, 5) is 18.0. The van der Waals surface area contributed by atoms with Gasteiger partial charge in [0.2, 0.25) is 0 Å². The topological polar surface area (TPSA) is 68.5 Å². The van der Waals surface area contributed by atoms with Crippen LogP contribution in [0.2, 0.25) is 0 Å². The van der Waals surface area contributed by atoms with E-state index in [-0.39, 0.29) is 49.3 Å². The van der Waals surface area contributed by atoms with E-state index in [1.165, 1.54) is 5.56 Å². The average Bonchev–Trinajstić information content (AvgIpc) is 2.96. The Kier molecular flexibility index (Phi) is 7.98. The fourth-order valence-electron chi connectivity index (χ4n) is 2.75. The van der Waals surface area contributed by atoms with Crippen LogP contribution in [0.3, 0.4) is 0 Å². The van der Waals surface area contributed by atoms with Crippen molar-refractivity contribution in [2.75, 3.05) is 19.7 Å². The van der Waals surface area contributed by atoms with Crippen LogP contribution >= 0.6 is 24.8 Å². The van der Waals surface area contributed by atoms with Crippen molar-refractivity contribution < 1.29 is 9.53 Å². The summed E-state index contributed by atoms with van der Waals surface area (Å²) >= 11 is 0. The molecule has 24 heavy (non-hydrogen) atoms. The lowest BCUT2D eigenvalue weighted by Crippen LogP contribution is -2.35. The summed E-state index contributed by atoms with van der Waals surface area (Å²) < 4.78 is 5.46. The van der Waals surface area contributed by atoms with Gasteiger partial charge in [0.1, 0.15) is 5.75 Å². The number of carbonyl (C=O) groups is 1. The van der Waals surface area contributed by atoms with E-state index in [0.29, 0.717) is 18.8 Å². The maximum atomic E-state index is 12.3. The Morgan fingerprint density at radius 3 is 2.58 bits per heavy atom. The predicted molar refractivity (Wildman–Crippen MR) is 98.0 cm³/mol. The molecule has 0 spiro atoms. The molecule has 0 bridgehead atoms. The predicted octanol–water partition coefficient (Wildman–Crippen LogP) is 2.26. The minimum atomic E-state index is -0.0438. The number of rotatable bonds is 4. The molecule has 7 heteroatoms. The normalized spacial score (nSPS) is 19.1. The van der Waals surface area contributed by atoms with Gasteiger partial charge in [-0.2, -0.15) is 0 Å². The molecule has 2 atom stereocenters. The van der Waals surface area contributed by atoms with Gasteiger partial charge in [-0.1, -0.05) is 30.3 Å². The summed E-state index contributed by atoms with van der Waals surface area (Å²) in [5, 5.41) is 0. The zero-order valence-corrected chi connectivity index (χ0v) is 14.7. The third kappa shape index (κ3) is 4.84. The smallest absolute Gasteiger partial charge is 0.260 e. The van der Waals surface area contributed by atoms with Crippen molar-refractivity contribution in [3.8, 4) is 5.75 Å². The molecule has 0 aliphatic carbocycles. The highest BCUT2D eigenvalue weighted by molar-refractivity contribution is 5.85. The molecule has 130 valence electrons. The maximum absolute atomic E-state index is 12.3. The molecular formula is C17H21Cl2N3O2. The lowest BCUT2D eigenvalue weighted by atomic mass is 9.95. The van der Waals surface area contributed by atoms with Crippen LogP contribution in [-0.2, 0) is 4.79 Å². The SMILES string of the molecule is Cl.Cl.N[C@@H]1CN(C(=O)COc2cccnc2)C[C@H]1c1ccccc1. The van der Waals surface area contributed by atoms with Gasteiger partial charge in [-0.25, -0.2) is 0 Å². The number of likely N-dealkylation sites (tertiary alicyclic amines) is 1. The highest BCUT2D eigenvalue weighted by Gasteiger charge is 2.33. The number of nitrogens with two attached hydrogens (primary N) is 1. The third-order valence-electron chi connectivity index (χ3n) is 3.94. The Morgan fingerprint density at radius 1 is 1.17 bits per heavy atom. The standard InChI is InChI=1S/C17H19N3O2.2ClH/c18-16-11-20(10-15(16)13-5-2-1-3-6-13)17(21)12-22-14-7-4-8-19-9-14;;/h1-9,15-16H,10-12,18H2;2*1H/t15-,16+;;/m0../s1. The van der Waals surface area contributed by atoms with Crippen molar-refractivity contribution in [2.45, 2.75) is 12.0 Å². The van der Waals surface area contributed by atoms with E-state index in [9.17, 15) is 4.79 Å². The molecule has 1 aliphatic rings. The molecule has 0 saturated carbocycles. The van der Waals surface area contributed by atoms with Crippen molar-refractivity contribution in [3.63, 3.8) is 0 Å². The lowest BCUT2D eigenvalue weighted by Gasteiger charge is -2.16. The van der Waals surface area contributed by atoms with Gasteiger partial charge in [-0.15, -0.1) is 24.8 Å². The molecule has 2 N–H and O–H groups in total. The molecular weight excluding hydrogens is 349 g/mol. The summed E-state index contributed by atoms with van der Waals surface area (Å²) in [7, 11) is 0. The molecule has 0 radical (unpaired) electrons. The van der Waals surface area contributed by atoms with E-state index in [1.54, 1.807) is 29.4 Å². The Balaban J connectivity index is 0.00000144. The summed E-state index contributed by atoms with van der Waals surface area (Å²) in [6.07, 6.45) is 3.26. The van der Waals surface area contributed by atoms with Crippen LogP contribution in [0.15, 0.2) is 54.9 Å². The Bertz CT molecular complexity index is 628. The van der Waals surface area contributed by atoms with Crippen molar-refractivity contribution in [1.29, 1.82) is 0 Å². The summed E-state index contributed by atoms with van der Waals surface area (Å²) in [6, 6.07) is 13.6. The first kappa shape index (κ1) is 20.2. The highest BCUT2D eigenvalue weighted by atomic mass is 35.5. The van der Waals surface area contributed by atoms with Crippen LogP contribution in [0, 0.1) is 0 Å². The summed E-state index contributed by atoms with van der Waals surface area (Å²) in [6.45, 7) is 1.22. The van der Waals surface area contributed by atoms with Crippen LogP contribution in [0.5, 0.6) is 5.75 Å². The number of halogens is 2. The molecule has 2 heterocycles. The minimum Gasteiger partial charge on any atom is -0.482 e. The van der Waals surface area contributed by atoms with Gasteiger partial charge < -0.3 is 15.4 Å². The summed E-state index contributed by atoms with van der Waals surface area (Å²) in [5.74, 6) is 0.736. The van der Waals surface area contributed by atoms with Gasteiger partial charge in [-0.05, 0) is 17.7 Å². The number of carbonyl (C=O) groups excluding carboxylic acids is 1. The summed E-state index contributed by atoms with van der Waals surface area (Å²) in [5.41, 5.74) is 7.38. The number of ether oxygens (including phenoxy) is 1. The Hall–Kier alpha value is -1.82. The molecule has 1 aliphatic heterocycles. The van der Waals surface area contributed by atoms with Gasteiger partial charge in [0.25, 0.3) is 5.91 Å². The van der Waals surface area contributed by atoms with Crippen molar-refractivity contribution in [1.82, 2.24) is 9.88 Å².